The summed E-state index contributed by atoms with van der Waals surface area (Å²) in [5.41, 5.74) is 4.67. The molecular weight excluding hydrogens is 286 g/mol. The van der Waals surface area contributed by atoms with Gasteiger partial charge in [0.1, 0.15) is 11.6 Å². The molecule has 0 radical (unpaired) electrons. The monoisotopic (exact) mass is 300 g/mol. The quantitative estimate of drug-likeness (QED) is 0.637. The highest BCUT2D eigenvalue weighted by atomic mass is 19.1. The van der Waals surface area contributed by atoms with Gasteiger partial charge in [0.2, 0.25) is 0 Å². The number of ether oxygens (including phenoxy) is 2. The number of nitrogen functional groups attached to an aromatic ring is 1. The number of carbonyl (C=O) groups excluding carboxylic acids is 2. The SMILES string of the molecule is COC(=O)C1CN(C(=O)c2cc(N)c(F)cc2F)CCO1. The van der Waals surface area contributed by atoms with Crippen LogP contribution in [0.1, 0.15) is 10.4 Å². The summed E-state index contributed by atoms with van der Waals surface area (Å²) < 4.78 is 36.5. The molecule has 1 heterocycles. The van der Waals surface area contributed by atoms with Crippen molar-refractivity contribution < 1.29 is 27.8 Å². The van der Waals surface area contributed by atoms with Gasteiger partial charge in [0, 0.05) is 12.6 Å². The van der Waals surface area contributed by atoms with E-state index in [9.17, 15) is 18.4 Å². The maximum absolute atomic E-state index is 13.7. The number of esters is 1. The van der Waals surface area contributed by atoms with Crippen molar-refractivity contribution in [2.75, 3.05) is 32.5 Å². The van der Waals surface area contributed by atoms with Crippen LogP contribution in [0.25, 0.3) is 0 Å². The van der Waals surface area contributed by atoms with Crippen molar-refractivity contribution in [3.8, 4) is 0 Å². The van der Waals surface area contributed by atoms with Crippen LogP contribution in [0.15, 0.2) is 12.1 Å². The number of halogens is 2. The number of anilines is 1. The number of methoxy groups -OCH3 is 1. The van der Waals surface area contributed by atoms with Crippen molar-refractivity contribution >= 4 is 17.6 Å². The fraction of sp³-hybridized carbons (Fsp3) is 0.385. The second kappa shape index (κ2) is 6.04. The van der Waals surface area contributed by atoms with Crippen LogP contribution in [0.3, 0.4) is 0 Å². The van der Waals surface area contributed by atoms with Crippen LogP contribution in [0.4, 0.5) is 14.5 Å². The molecule has 1 unspecified atom stereocenters. The summed E-state index contributed by atoms with van der Waals surface area (Å²) in [6, 6.07) is 1.50. The minimum absolute atomic E-state index is 0.0672. The Kier molecular flexibility index (Phi) is 4.37. The highest BCUT2D eigenvalue weighted by Gasteiger charge is 2.31. The van der Waals surface area contributed by atoms with E-state index in [1.54, 1.807) is 0 Å². The van der Waals surface area contributed by atoms with Crippen LogP contribution in [0.2, 0.25) is 0 Å². The molecule has 1 aromatic rings. The molecular formula is C13H14F2N2O4. The topological polar surface area (TPSA) is 81.9 Å². The predicted octanol–water partition coefficient (Wildman–Crippen LogP) is 0.561. The van der Waals surface area contributed by atoms with E-state index in [4.69, 9.17) is 10.5 Å². The van der Waals surface area contributed by atoms with E-state index in [1.807, 2.05) is 0 Å². The number of amides is 1. The second-order valence-corrected chi connectivity index (χ2v) is 4.49. The third-order valence-corrected chi connectivity index (χ3v) is 3.13. The number of carbonyl (C=O) groups is 2. The van der Waals surface area contributed by atoms with Gasteiger partial charge in [-0.25, -0.2) is 13.6 Å². The Balaban J connectivity index is 2.20. The van der Waals surface area contributed by atoms with Gasteiger partial charge in [-0.2, -0.15) is 0 Å². The zero-order chi connectivity index (χ0) is 15.6. The molecule has 1 saturated heterocycles. The average molecular weight is 300 g/mol. The summed E-state index contributed by atoms with van der Waals surface area (Å²) in [5, 5.41) is 0. The fourth-order valence-corrected chi connectivity index (χ4v) is 2.01. The van der Waals surface area contributed by atoms with Crippen molar-refractivity contribution in [3.63, 3.8) is 0 Å². The Morgan fingerprint density at radius 1 is 1.38 bits per heavy atom. The first-order valence-electron chi connectivity index (χ1n) is 6.17. The lowest BCUT2D eigenvalue weighted by atomic mass is 10.1. The maximum atomic E-state index is 13.7. The Morgan fingerprint density at radius 2 is 2.10 bits per heavy atom. The van der Waals surface area contributed by atoms with Gasteiger partial charge in [-0.3, -0.25) is 4.79 Å². The summed E-state index contributed by atoms with van der Waals surface area (Å²) in [5.74, 6) is -3.24. The summed E-state index contributed by atoms with van der Waals surface area (Å²) in [6.45, 7) is 0.231. The molecule has 8 heteroatoms. The number of benzene rings is 1. The number of hydrogen-bond acceptors (Lipinski definition) is 5. The molecule has 0 aliphatic carbocycles. The van der Waals surface area contributed by atoms with Crippen molar-refractivity contribution in [2.24, 2.45) is 0 Å². The molecule has 1 atom stereocenters. The third kappa shape index (κ3) is 3.10. The number of hydrogen-bond donors (Lipinski definition) is 1. The van der Waals surface area contributed by atoms with Crippen LogP contribution in [-0.4, -0.2) is 49.7 Å². The van der Waals surface area contributed by atoms with E-state index in [-0.39, 0.29) is 30.9 Å². The van der Waals surface area contributed by atoms with Gasteiger partial charge in [-0.15, -0.1) is 0 Å². The molecule has 1 aliphatic rings. The van der Waals surface area contributed by atoms with Gasteiger partial charge in [-0.05, 0) is 6.07 Å². The lowest BCUT2D eigenvalue weighted by Crippen LogP contribution is -2.49. The second-order valence-electron chi connectivity index (χ2n) is 4.49. The zero-order valence-corrected chi connectivity index (χ0v) is 11.3. The largest absolute Gasteiger partial charge is 0.467 e. The molecule has 1 aliphatic heterocycles. The Bertz CT molecular complexity index is 580. The van der Waals surface area contributed by atoms with Gasteiger partial charge >= 0.3 is 5.97 Å². The summed E-state index contributed by atoms with van der Waals surface area (Å²) in [7, 11) is 1.20. The first kappa shape index (κ1) is 15.2. The van der Waals surface area contributed by atoms with Crippen LogP contribution >= 0.6 is 0 Å². The van der Waals surface area contributed by atoms with E-state index in [0.29, 0.717) is 6.07 Å². The van der Waals surface area contributed by atoms with Gasteiger partial charge in [0.05, 0.1) is 31.5 Å². The third-order valence-electron chi connectivity index (χ3n) is 3.13. The average Bonchev–Trinajstić information content (AvgIpc) is 2.49. The molecule has 0 saturated carbocycles. The molecule has 2 N–H and O–H groups in total. The number of rotatable bonds is 2. The summed E-state index contributed by atoms with van der Waals surface area (Å²) in [6.07, 6.45) is -0.923. The molecule has 21 heavy (non-hydrogen) atoms. The van der Waals surface area contributed by atoms with Crippen molar-refractivity contribution in [3.05, 3.63) is 29.3 Å². The van der Waals surface area contributed by atoms with Gasteiger partial charge in [0.15, 0.2) is 6.10 Å². The van der Waals surface area contributed by atoms with E-state index in [2.05, 4.69) is 4.74 Å². The van der Waals surface area contributed by atoms with E-state index in [1.165, 1.54) is 12.0 Å². The lowest BCUT2D eigenvalue weighted by molar-refractivity contribution is -0.158. The lowest BCUT2D eigenvalue weighted by Gasteiger charge is -2.31. The molecule has 2 rings (SSSR count). The number of nitrogens with zero attached hydrogens (tertiary/aromatic N) is 1. The molecule has 114 valence electrons. The summed E-state index contributed by atoms with van der Waals surface area (Å²) in [4.78, 5) is 24.9. The van der Waals surface area contributed by atoms with E-state index >= 15 is 0 Å². The fourth-order valence-electron chi connectivity index (χ4n) is 2.01. The molecule has 0 aromatic heterocycles. The molecule has 0 spiro atoms. The smallest absolute Gasteiger partial charge is 0.336 e. The van der Waals surface area contributed by atoms with Crippen LogP contribution in [0, 0.1) is 11.6 Å². The highest BCUT2D eigenvalue weighted by Crippen LogP contribution is 2.19. The van der Waals surface area contributed by atoms with Crippen molar-refractivity contribution in [1.82, 2.24) is 4.90 Å². The normalized spacial score (nSPS) is 18.4. The van der Waals surface area contributed by atoms with Gasteiger partial charge < -0.3 is 20.1 Å². The minimum atomic E-state index is -1.01. The predicted molar refractivity (Wildman–Crippen MR) is 68.4 cm³/mol. The first-order valence-corrected chi connectivity index (χ1v) is 6.17. The van der Waals surface area contributed by atoms with Gasteiger partial charge in [0.25, 0.3) is 5.91 Å². The van der Waals surface area contributed by atoms with Gasteiger partial charge in [-0.1, -0.05) is 0 Å². The Labute approximate surface area is 119 Å². The number of morpholine rings is 1. The standard InChI is InChI=1S/C13H14F2N2O4/c1-20-13(19)11-6-17(2-3-21-11)12(18)7-4-10(16)9(15)5-8(7)14/h4-5,11H,2-3,6,16H2,1H3. The maximum Gasteiger partial charge on any atom is 0.336 e. The van der Waals surface area contributed by atoms with Crippen molar-refractivity contribution in [2.45, 2.75) is 6.10 Å². The Morgan fingerprint density at radius 3 is 2.76 bits per heavy atom. The molecule has 1 amide bonds. The van der Waals surface area contributed by atoms with Crippen LogP contribution < -0.4 is 5.73 Å². The zero-order valence-electron chi connectivity index (χ0n) is 11.3. The van der Waals surface area contributed by atoms with Crippen molar-refractivity contribution in [1.29, 1.82) is 0 Å². The van der Waals surface area contributed by atoms with Crippen LogP contribution in [-0.2, 0) is 14.3 Å². The molecule has 1 aromatic carbocycles. The molecule has 6 nitrogen and oxygen atoms in total. The highest BCUT2D eigenvalue weighted by molar-refractivity contribution is 5.95. The first-order chi connectivity index (χ1) is 9.93. The Hall–Kier alpha value is -2.22. The summed E-state index contributed by atoms with van der Waals surface area (Å²) >= 11 is 0. The van der Waals surface area contributed by atoms with E-state index < -0.39 is 29.6 Å². The number of nitrogens with two attached hydrogens (primary N) is 1. The van der Waals surface area contributed by atoms with Crippen LogP contribution in [0.5, 0.6) is 0 Å². The minimum Gasteiger partial charge on any atom is -0.467 e. The molecule has 1 fully saturated rings. The molecule has 0 bridgehead atoms. The van der Waals surface area contributed by atoms with E-state index in [0.717, 1.165) is 6.07 Å².